The van der Waals surface area contributed by atoms with Crippen LogP contribution in [0.2, 0.25) is 18.1 Å². The Morgan fingerprint density at radius 3 is 2.50 bits per heavy atom. The average molecular weight is 350 g/mol. The lowest BCUT2D eigenvalue weighted by molar-refractivity contribution is 0.0524. The molecule has 1 aromatic rings. The van der Waals surface area contributed by atoms with Crippen molar-refractivity contribution in [3.8, 4) is 6.07 Å². The summed E-state index contributed by atoms with van der Waals surface area (Å²) in [5.41, 5.74) is 0.0444. The number of nitrogens with one attached hydrogen (secondary N) is 1. The predicted molar refractivity (Wildman–Crippen MR) is 94.6 cm³/mol. The smallest absolute Gasteiger partial charge is 0.339 e. The average Bonchev–Trinajstić information content (AvgIpc) is 2.46. The van der Waals surface area contributed by atoms with Crippen molar-refractivity contribution in [3.05, 3.63) is 33.2 Å². The van der Waals surface area contributed by atoms with Crippen molar-refractivity contribution in [2.24, 2.45) is 0 Å². The lowest BCUT2D eigenvalue weighted by atomic mass is 10.1. The maximum absolute atomic E-state index is 12.1. The molecule has 0 aliphatic rings. The van der Waals surface area contributed by atoms with Gasteiger partial charge in [-0.25, -0.2) is 4.79 Å². The molecule has 0 saturated heterocycles. The summed E-state index contributed by atoms with van der Waals surface area (Å²) in [5, 5.41) is 9.05. The largest absolute Gasteiger partial charge is 0.462 e. The maximum Gasteiger partial charge on any atom is 0.339 e. The van der Waals surface area contributed by atoms with E-state index in [2.05, 4.69) is 38.8 Å². The fraction of sp³-hybridized carbons (Fsp3) is 0.588. The van der Waals surface area contributed by atoms with Crippen LogP contribution in [0.15, 0.2) is 10.9 Å². The van der Waals surface area contributed by atoms with Crippen LogP contribution in [-0.2, 0) is 15.6 Å². The van der Waals surface area contributed by atoms with Crippen LogP contribution in [-0.4, -0.2) is 32.5 Å². The van der Waals surface area contributed by atoms with Gasteiger partial charge in [-0.05, 0) is 31.1 Å². The molecule has 1 N–H and O–H groups in total. The number of rotatable bonds is 6. The number of carbonyl (C=O) groups excluding carboxylic acids is 1. The summed E-state index contributed by atoms with van der Waals surface area (Å²) in [7, 11) is -1.91. The summed E-state index contributed by atoms with van der Waals surface area (Å²) < 4.78 is 11.1. The number of ether oxygens (including phenoxy) is 1. The second-order valence-corrected chi connectivity index (χ2v) is 11.9. The van der Waals surface area contributed by atoms with Gasteiger partial charge < -0.3 is 14.1 Å². The molecule has 0 aliphatic heterocycles. The van der Waals surface area contributed by atoms with Crippen LogP contribution in [0.4, 0.5) is 0 Å². The lowest BCUT2D eigenvalue weighted by Gasteiger charge is -2.36. The van der Waals surface area contributed by atoms with Crippen LogP contribution < -0.4 is 5.56 Å². The van der Waals surface area contributed by atoms with E-state index in [4.69, 9.17) is 14.4 Å². The normalized spacial score (nSPS) is 11.9. The number of hydrogen-bond acceptors (Lipinski definition) is 5. The minimum atomic E-state index is -1.91. The summed E-state index contributed by atoms with van der Waals surface area (Å²) in [6, 6.07) is 3.07. The van der Waals surface area contributed by atoms with Crippen molar-refractivity contribution in [1.29, 1.82) is 5.26 Å². The first-order chi connectivity index (χ1) is 11.0. The Hall–Kier alpha value is -1.91. The number of carbonyl (C=O) groups is 1. The number of pyridine rings is 1. The molecule has 1 rings (SSSR count). The standard InChI is InChI=1S/C17H26N2O4Si/c1-7-22-16(21)13-10-12(11-18)15(20)19-14(13)8-9-23-24(5,6)17(2,3)4/h10H,7-9H2,1-6H3,(H,19,20). The van der Waals surface area contributed by atoms with E-state index >= 15 is 0 Å². The van der Waals surface area contributed by atoms with Gasteiger partial charge in [0.15, 0.2) is 8.32 Å². The maximum atomic E-state index is 12.1. The van der Waals surface area contributed by atoms with E-state index in [1.54, 1.807) is 13.0 Å². The molecular weight excluding hydrogens is 324 g/mol. The molecule has 24 heavy (non-hydrogen) atoms. The molecule has 6 nitrogen and oxygen atoms in total. The van der Waals surface area contributed by atoms with Crippen LogP contribution in [0.5, 0.6) is 0 Å². The third kappa shape index (κ3) is 4.79. The molecule has 7 heteroatoms. The van der Waals surface area contributed by atoms with Gasteiger partial charge >= 0.3 is 5.97 Å². The van der Waals surface area contributed by atoms with Gasteiger partial charge in [0.25, 0.3) is 5.56 Å². The van der Waals surface area contributed by atoms with E-state index in [0.29, 0.717) is 18.7 Å². The van der Waals surface area contributed by atoms with Gasteiger partial charge in [-0.2, -0.15) is 5.26 Å². The summed E-state index contributed by atoms with van der Waals surface area (Å²) in [6.07, 6.45) is 0.377. The first-order valence-corrected chi connectivity index (χ1v) is 10.9. The summed E-state index contributed by atoms with van der Waals surface area (Å²) in [6.45, 7) is 13.0. The van der Waals surface area contributed by atoms with E-state index in [1.165, 1.54) is 6.07 Å². The van der Waals surface area contributed by atoms with Gasteiger partial charge in [0.1, 0.15) is 11.6 Å². The zero-order chi connectivity index (χ0) is 18.5. The number of nitriles is 1. The second kappa shape index (κ2) is 7.77. The molecule has 0 spiro atoms. The molecule has 132 valence electrons. The highest BCUT2D eigenvalue weighted by Gasteiger charge is 2.37. The molecule has 0 aromatic carbocycles. The highest BCUT2D eigenvalue weighted by Crippen LogP contribution is 2.36. The van der Waals surface area contributed by atoms with Crippen molar-refractivity contribution in [3.63, 3.8) is 0 Å². The van der Waals surface area contributed by atoms with E-state index in [1.807, 2.05) is 0 Å². The molecule has 0 amide bonds. The molecule has 0 atom stereocenters. The minimum absolute atomic E-state index is 0.0784. The Kier molecular flexibility index (Phi) is 6.52. The monoisotopic (exact) mass is 350 g/mol. The van der Waals surface area contributed by atoms with Crippen molar-refractivity contribution in [1.82, 2.24) is 4.98 Å². The summed E-state index contributed by atoms with van der Waals surface area (Å²) in [4.78, 5) is 26.6. The second-order valence-electron chi connectivity index (χ2n) is 7.10. The molecule has 1 aromatic heterocycles. The van der Waals surface area contributed by atoms with Crippen LogP contribution >= 0.6 is 0 Å². The zero-order valence-corrected chi connectivity index (χ0v) is 16.3. The van der Waals surface area contributed by atoms with E-state index < -0.39 is 19.8 Å². The number of aromatic nitrogens is 1. The molecular formula is C17H26N2O4Si. The quantitative estimate of drug-likeness (QED) is 0.629. The van der Waals surface area contributed by atoms with Gasteiger partial charge in [0.05, 0.1) is 12.2 Å². The SMILES string of the molecule is CCOC(=O)c1cc(C#N)c(=O)[nH]c1CCO[Si](C)(C)C(C)(C)C. The molecule has 0 saturated carbocycles. The lowest BCUT2D eigenvalue weighted by Crippen LogP contribution is -2.41. The molecule has 0 radical (unpaired) electrons. The highest BCUT2D eigenvalue weighted by molar-refractivity contribution is 6.74. The van der Waals surface area contributed by atoms with Crippen LogP contribution in [0.3, 0.4) is 0 Å². The Morgan fingerprint density at radius 1 is 1.38 bits per heavy atom. The number of H-pyrrole nitrogens is 1. The van der Waals surface area contributed by atoms with E-state index in [0.717, 1.165) is 0 Å². The number of esters is 1. The third-order valence-electron chi connectivity index (χ3n) is 4.36. The van der Waals surface area contributed by atoms with Crippen LogP contribution in [0.25, 0.3) is 0 Å². The van der Waals surface area contributed by atoms with Crippen molar-refractivity contribution < 1.29 is 14.0 Å². The van der Waals surface area contributed by atoms with Gasteiger partial charge in [-0.3, -0.25) is 4.79 Å². The first-order valence-electron chi connectivity index (χ1n) is 8.01. The van der Waals surface area contributed by atoms with Crippen molar-refractivity contribution in [2.75, 3.05) is 13.2 Å². The zero-order valence-electron chi connectivity index (χ0n) is 15.3. The topological polar surface area (TPSA) is 92.2 Å². The van der Waals surface area contributed by atoms with Crippen molar-refractivity contribution in [2.45, 2.75) is 52.2 Å². The summed E-state index contributed by atoms with van der Waals surface area (Å²) >= 11 is 0. The van der Waals surface area contributed by atoms with Gasteiger partial charge in [-0.15, -0.1) is 0 Å². The molecule has 1 heterocycles. The highest BCUT2D eigenvalue weighted by atomic mass is 28.4. The summed E-state index contributed by atoms with van der Waals surface area (Å²) in [5.74, 6) is -0.549. The van der Waals surface area contributed by atoms with Gasteiger partial charge in [-0.1, -0.05) is 20.8 Å². The fourth-order valence-electron chi connectivity index (χ4n) is 1.86. The first kappa shape index (κ1) is 20.1. The number of aromatic amines is 1. The van der Waals surface area contributed by atoms with Gasteiger partial charge in [0.2, 0.25) is 0 Å². The Morgan fingerprint density at radius 2 is 2.00 bits per heavy atom. The number of hydrogen-bond donors (Lipinski definition) is 1. The number of nitrogens with zero attached hydrogens (tertiary/aromatic N) is 1. The fourth-order valence-corrected chi connectivity index (χ4v) is 2.91. The van der Waals surface area contributed by atoms with Crippen LogP contribution in [0.1, 0.15) is 49.3 Å². The molecule has 0 bridgehead atoms. The van der Waals surface area contributed by atoms with E-state index in [-0.39, 0.29) is 22.8 Å². The van der Waals surface area contributed by atoms with Crippen LogP contribution in [0, 0.1) is 11.3 Å². The molecule has 0 aliphatic carbocycles. The molecule has 0 unspecified atom stereocenters. The van der Waals surface area contributed by atoms with Gasteiger partial charge in [0, 0.05) is 18.7 Å². The predicted octanol–water partition coefficient (Wildman–Crippen LogP) is 2.99. The van der Waals surface area contributed by atoms with E-state index in [9.17, 15) is 9.59 Å². The van der Waals surface area contributed by atoms with Crippen molar-refractivity contribution >= 4 is 14.3 Å². The Balaban J connectivity index is 3.03. The third-order valence-corrected chi connectivity index (χ3v) is 8.90. The molecule has 0 fully saturated rings. The Labute approximate surface area is 143 Å². The Bertz CT molecular complexity index is 696. The minimum Gasteiger partial charge on any atom is -0.462 e.